The van der Waals surface area contributed by atoms with Crippen molar-refractivity contribution in [1.29, 1.82) is 0 Å². The Morgan fingerprint density at radius 1 is 1.00 bits per heavy atom. The van der Waals surface area contributed by atoms with Crippen LogP contribution < -0.4 is 9.47 Å². The largest absolute Gasteiger partial charge is 0.497 e. The summed E-state index contributed by atoms with van der Waals surface area (Å²) in [5, 5.41) is 0. The van der Waals surface area contributed by atoms with Gasteiger partial charge in [-0.15, -0.1) is 0 Å². The van der Waals surface area contributed by atoms with Crippen LogP contribution in [0.15, 0.2) is 42.5 Å². The molecule has 0 N–H and O–H groups in total. The average molecular weight is 269 g/mol. The highest BCUT2D eigenvalue weighted by atomic mass is 16.5. The van der Waals surface area contributed by atoms with E-state index in [1.807, 2.05) is 38.1 Å². The van der Waals surface area contributed by atoms with E-state index in [0.717, 1.165) is 24.3 Å². The lowest BCUT2D eigenvalue weighted by atomic mass is 10.0. The highest BCUT2D eigenvalue weighted by molar-refractivity contribution is 5.30. The van der Waals surface area contributed by atoms with Crippen LogP contribution in [-0.2, 0) is 12.8 Å². The third kappa shape index (κ3) is 4.30. The molecule has 2 aromatic carbocycles. The van der Waals surface area contributed by atoms with Gasteiger partial charge in [-0.05, 0) is 68.1 Å². The fraction of sp³-hybridized carbons (Fsp3) is 0.333. The minimum absolute atomic E-state index is 0.201. The van der Waals surface area contributed by atoms with E-state index < -0.39 is 0 Å². The molecule has 20 heavy (non-hydrogen) atoms. The summed E-state index contributed by atoms with van der Waals surface area (Å²) >= 11 is 0. The van der Waals surface area contributed by atoms with Gasteiger partial charge in [0.25, 0.3) is 0 Å². The smallest absolute Gasteiger partial charge is 0.120 e. The van der Waals surface area contributed by atoms with Crippen LogP contribution in [0.5, 0.6) is 11.5 Å². The predicted molar refractivity (Wildman–Crippen MR) is 81.4 cm³/mol. The third-order valence-corrected chi connectivity index (χ3v) is 3.05. The van der Waals surface area contributed by atoms with Crippen molar-refractivity contribution in [3.8, 4) is 11.5 Å². The maximum Gasteiger partial charge on any atom is 0.120 e. The van der Waals surface area contributed by atoms with Gasteiger partial charge in [-0.3, -0.25) is 0 Å². The molecule has 0 aliphatic carbocycles. The van der Waals surface area contributed by atoms with Crippen molar-refractivity contribution in [2.45, 2.75) is 32.8 Å². The van der Waals surface area contributed by atoms with Crippen molar-refractivity contribution in [2.24, 2.45) is 0 Å². The van der Waals surface area contributed by atoms with Gasteiger partial charge >= 0.3 is 0 Å². The van der Waals surface area contributed by atoms with Crippen molar-refractivity contribution in [2.75, 3.05) is 7.11 Å². The summed E-state index contributed by atoms with van der Waals surface area (Å²) in [7, 11) is 1.68. The van der Waals surface area contributed by atoms with E-state index in [0.29, 0.717) is 0 Å². The third-order valence-electron chi connectivity index (χ3n) is 3.05. The molecule has 0 aliphatic heterocycles. The summed E-state index contributed by atoms with van der Waals surface area (Å²) in [6.07, 6.45) is 2.15. The predicted octanol–water partition coefficient (Wildman–Crippen LogP) is 4.07. The van der Waals surface area contributed by atoms with Crippen molar-refractivity contribution in [3.05, 3.63) is 59.7 Å². The first kappa shape index (κ1) is 14.4. The van der Waals surface area contributed by atoms with Gasteiger partial charge in [-0.25, -0.2) is 0 Å². The molecule has 0 atom stereocenters. The average Bonchev–Trinajstić information content (AvgIpc) is 2.45. The van der Waals surface area contributed by atoms with Gasteiger partial charge in [-0.2, -0.15) is 0 Å². The van der Waals surface area contributed by atoms with Crippen molar-refractivity contribution >= 4 is 0 Å². The Morgan fingerprint density at radius 2 is 1.75 bits per heavy atom. The number of benzene rings is 2. The molecule has 105 valence electrons. The topological polar surface area (TPSA) is 18.5 Å². The molecule has 0 aliphatic rings. The van der Waals surface area contributed by atoms with E-state index in [1.165, 1.54) is 11.1 Å². The molecule has 0 unspecified atom stereocenters. The fourth-order valence-corrected chi connectivity index (χ4v) is 2.05. The van der Waals surface area contributed by atoms with Crippen molar-refractivity contribution in [3.63, 3.8) is 0 Å². The molecule has 0 spiro atoms. The number of rotatable bonds is 6. The molecular formula is C18H21O2. The molecule has 0 amide bonds. The van der Waals surface area contributed by atoms with Crippen LogP contribution >= 0.6 is 0 Å². The summed E-state index contributed by atoms with van der Waals surface area (Å²) in [4.78, 5) is 0. The Morgan fingerprint density at radius 3 is 2.40 bits per heavy atom. The summed E-state index contributed by atoms with van der Waals surface area (Å²) < 4.78 is 10.9. The van der Waals surface area contributed by atoms with Crippen LogP contribution in [0.25, 0.3) is 0 Å². The van der Waals surface area contributed by atoms with E-state index in [2.05, 4.69) is 24.3 Å². The number of aryl methyl sites for hydroxylation is 2. The number of ether oxygens (including phenoxy) is 2. The molecule has 0 heterocycles. The van der Waals surface area contributed by atoms with Crippen LogP contribution in [0, 0.1) is 6.07 Å². The summed E-state index contributed by atoms with van der Waals surface area (Å²) in [5.41, 5.74) is 2.48. The SMILES string of the molecule is COc1ccc(CCc2[c]ccc(OC(C)C)c2)cc1. The van der Waals surface area contributed by atoms with Crippen LogP contribution in [0.4, 0.5) is 0 Å². The van der Waals surface area contributed by atoms with E-state index in [1.54, 1.807) is 7.11 Å². The Kier molecular flexibility index (Phi) is 5.05. The summed E-state index contributed by atoms with van der Waals surface area (Å²) in [5.74, 6) is 1.82. The highest BCUT2D eigenvalue weighted by Crippen LogP contribution is 2.17. The minimum Gasteiger partial charge on any atom is -0.497 e. The molecular weight excluding hydrogens is 248 g/mol. The normalized spacial score (nSPS) is 10.6. The van der Waals surface area contributed by atoms with Gasteiger partial charge in [0.05, 0.1) is 13.2 Å². The van der Waals surface area contributed by atoms with Gasteiger partial charge in [0.2, 0.25) is 0 Å². The van der Waals surface area contributed by atoms with Gasteiger partial charge in [0.15, 0.2) is 0 Å². The first-order chi connectivity index (χ1) is 9.67. The van der Waals surface area contributed by atoms with Crippen LogP contribution in [-0.4, -0.2) is 13.2 Å². The Hall–Kier alpha value is -1.96. The standard InChI is InChI=1S/C18H21O2/c1-14(2)20-18-6-4-5-16(13-18)8-7-15-9-11-17(19-3)12-10-15/h4,6,9-14H,7-8H2,1-3H3. The zero-order valence-corrected chi connectivity index (χ0v) is 12.3. The number of methoxy groups -OCH3 is 1. The van der Waals surface area contributed by atoms with Crippen LogP contribution in [0.3, 0.4) is 0 Å². The van der Waals surface area contributed by atoms with E-state index in [-0.39, 0.29) is 6.10 Å². The second kappa shape index (κ2) is 6.99. The monoisotopic (exact) mass is 269 g/mol. The molecule has 0 saturated heterocycles. The van der Waals surface area contributed by atoms with Crippen molar-refractivity contribution < 1.29 is 9.47 Å². The lowest BCUT2D eigenvalue weighted by Crippen LogP contribution is -2.05. The van der Waals surface area contributed by atoms with E-state index in [4.69, 9.17) is 9.47 Å². The number of hydrogen-bond acceptors (Lipinski definition) is 2. The Balaban J connectivity index is 1.95. The number of hydrogen-bond donors (Lipinski definition) is 0. The second-order valence-electron chi connectivity index (χ2n) is 5.06. The van der Waals surface area contributed by atoms with Gasteiger partial charge in [0, 0.05) is 0 Å². The molecule has 2 heteroatoms. The summed E-state index contributed by atoms with van der Waals surface area (Å²) in [6, 6.07) is 17.4. The Labute approximate surface area is 121 Å². The van der Waals surface area contributed by atoms with Crippen molar-refractivity contribution in [1.82, 2.24) is 0 Å². The quantitative estimate of drug-likeness (QED) is 0.787. The fourth-order valence-electron chi connectivity index (χ4n) is 2.05. The molecule has 0 fully saturated rings. The molecule has 2 rings (SSSR count). The van der Waals surface area contributed by atoms with Gasteiger partial charge < -0.3 is 9.47 Å². The zero-order chi connectivity index (χ0) is 14.4. The molecule has 0 saturated carbocycles. The zero-order valence-electron chi connectivity index (χ0n) is 12.3. The molecule has 0 bridgehead atoms. The second-order valence-corrected chi connectivity index (χ2v) is 5.06. The molecule has 2 nitrogen and oxygen atoms in total. The lowest BCUT2D eigenvalue weighted by Gasteiger charge is -2.10. The first-order valence-corrected chi connectivity index (χ1v) is 6.97. The molecule has 2 aromatic rings. The van der Waals surface area contributed by atoms with Gasteiger partial charge in [-0.1, -0.05) is 18.2 Å². The van der Waals surface area contributed by atoms with Crippen LogP contribution in [0.1, 0.15) is 25.0 Å². The maximum absolute atomic E-state index is 5.70. The van der Waals surface area contributed by atoms with E-state index in [9.17, 15) is 0 Å². The maximum atomic E-state index is 5.70. The van der Waals surface area contributed by atoms with Crippen LogP contribution in [0.2, 0.25) is 0 Å². The summed E-state index contributed by atoms with van der Waals surface area (Å²) in [6.45, 7) is 4.07. The molecule has 1 radical (unpaired) electrons. The lowest BCUT2D eigenvalue weighted by molar-refractivity contribution is 0.242. The minimum atomic E-state index is 0.201. The molecule has 0 aromatic heterocycles. The van der Waals surface area contributed by atoms with Gasteiger partial charge in [0.1, 0.15) is 11.5 Å². The van der Waals surface area contributed by atoms with E-state index >= 15 is 0 Å². The first-order valence-electron chi connectivity index (χ1n) is 6.97. The highest BCUT2D eigenvalue weighted by Gasteiger charge is 2.01. The Bertz CT molecular complexity index is 529.